The molecule has 1 aliphatic carbocycles. The molecule has 0 atom stereocenters. The van der Waals surface area contributed by atoms with Crippen molar-refractivity contribution in [2.45, 2.75) is 19.3 Å². The number of nitrogens with zero attached hydrogens (tertiary/aromatic N) is 3. The molecular formula is C48H31N3O2. The van der Waals surface area contributed by atoms with Gasteiger partial charge in [-0.3, -0.25) is 0 Å². The van der Waals surface area contributed by atoms with Crippen molar-refractivity contribution < 1.29 is 8.83 Å². The van der Waals surface area contributed by atoms with E-state index >= 15 is 0 Å². The Morgan fingerprint density at radius 1 is 0.415 bits per heavy atom. The highest BCUT2D eigenvalue weighted by molar-refractivity contribution is 6.13. The fourth-order valence-electron chi connectivity index (χ4n) is 8.43. The van der Waals surface area contributed by atoms with Crippen molar-refractivity contribution in [3.8, 4) is 56.4 Å². The Hall–Kier alpha value is -6.85. The van der Waals surface area contributed by atoms with Gasteiger partial charge in [0.1, 0.15) is 22.3 Å². The zero-order chi connectivity index (χ0) is 35.3. The maximum atomic E-state index is 6.52. The summed E-state index contributed by atoms with van der Waals surface area (Å²) in [6.45, 7) is 4.64. The molecule has 10 aromatic rings. The second kappa shape index (κ2) is 11.1. The molecule has 5 heteroatoms. The van der Waals surface area contributed by atoms with Gasteiger partial charge >= 0.3 is 0 Å². The number of hydrogen-bond donors (Lipinski definition) is 0. The average molecular weight is 682 g/mol. The van der Waals surface area contributed by atoms with Gasteiger partial charge in [-0.15, -0.1) is 0 Å². The summed E-state index contributed by atoms with van der Waals surface area (Å²) in [5.74, 6) is 1.70. The van der Waals surface area contributed by atoms with Crippen molar-refractivity contribution in [3.05, 3.63) is 163 Å². The van der Waals surface area contributed by atoms with E-state index in [-0.39, 0.29) is 5.41 Å². The maximum Gasteiger partial charge on any atom is 0.167 e. The van der Waals surface area contributed by atoms with Crippen LogP contribution in [0, 0.1) is 0 Å². The molecule has 0 unspecified atom stereocenters. The fraction of sp³-hybridized carbons (Fsp3) is 0.0625. The van der Waals surface area contributed by atoms with Gasteiger partial charge in [-0.25, -0.2) is 15.0 Å². The molecule has 5 nitrogen and oxygen atoms in total. The molecule has 53 heavy (non-hydrogen) atoms. The summed E-state index contributed by atoms with van der Waals surface area (Å²) in [6, 6.07) is 52.5. The summed E-state index contributed by atoms with van der Waals surface area (Å²) in [7, 11) is 0. The number of furan rings is 2. The van der Waals surface area contributed by atoms with Crippen LogP contribution in [0.25, 0.3) is 100 Å². The van der Waals surface area contributed by atoms with Crippen LogP contribution < -0.4 is 0 Å². The van der Waals surface area contributed by atoms with E-state index in [0.717, 1.165) is 66.1 Å². The van der Waals surface area contributed by atoms with Crippen molar-refractivity contribution in [2.75, 3.05) is 0 Å². The van der Waals surface area contributed by atoms with E-state index in [9.17, 15) is 0 Å². The van der Waals surface area contributed by atoms with Gasteiger partial charge in [0.25, 0.3) is 0 Å². The number of para-hydroxylation sites is 2. The Bertz CT molecular complexity index is 3100. The van der Waals surface area contributed by atoms with Gasteiger partial charge < -0.3 is 8.83 Å². The van der Waals surface area contributed by atoms with E-state index in [0.29, 0.717) is 17.5 Å². The number of rotatable bonds is 4. The van der Waals surface area contributed by atoms with Crippen LogP contribution in [0.1, 0.15) is 25.0 Å². The van der Waals surface area contributed by atoms with Crippen LogP contribution in [-0.2, 0) is 5.41 Å². The van der Waals surface area contributed by atoms with E-state index in [1.807, 2.05) is 72.8 Å². The monoisotopic (exact) mass is 681 g/mol. The van der Waals surface area contributed by atoms with Gasteiger partial charge in [-0.1, -0.05) is 135 Å². The summed E-state index contributed by atoms with van der Waals surface area (Å²) in [6.07, 6.45) is 0. The van der Waals surface area contributed by atoms with Crippen molar-refractivity contribution in [1.82, 2.24) is 15.0 Å². The Kier molecular flexibility index (Phi) is 6.23. The van der Waals surface area contributed by atoms with E-state index in [1.54, 1.807) is 0 Å². The maximum absolute atomic E-state index is 6.52. The lowest BCUT2D eigenvalue weighted by atomic mass is 9.82. The zero-order valence-corrected chi connectivity index (χ0v) is 29.1. The first-order valence-electron chi connectivity index (χ1n) is 17.9. The Morgan fingerprint density at radius 2 is 1.04 bits per heavy atom. The lowest BCUT2D eigenvalue weighted by molar-refractivity contribution is 0.660. The molecule has 0 amide bonds. The Labute approximate surface area is 305 Å². The van der Waals surface area contributed by atoms with Gasteiger partial charge in [0.05, 0.1) is 5.56 Å². The van der Waals surface area contributed by atoms with Crippen molar-refractivity contribution >= 4 is 43.9 Å². The highest BCUT2D eigenvalue weighted by Crippen LogP contribution is 2.52. The second-order valence-electron chi connectivity index (χ2n) is 14.3. The lowest BCUT2D eigenvalue weighted by Gasteiger charge is -2.21. The van der Waals surface area contributed by atoms with Gasteiger partial charge in [0, 0.05) is 38.1 Å². The third-order valence-corrected chi connectivity index (χ3v) is 11.0. The normalized spacial score (nSPS) is 13.2. The molecule has 3 heterocycles. The summed E-state index contributed by atoms with van der Waals surface area (Å²) < 4.78 is 13.0. The molecule has 0 bridgehead atoms. The highest BCUT2D eigenvalue weighted by Gasteiger charge is 2.36. The molecule has 0 fully saturated rings. The summed E-state index contributed by atoms with van der Waals surface area (Å²) in [5, 5.41) is 4.06. The van der Waals surface area contributed by atoms with Crippen molar-refractivity contribution in [1.29, 1.82) is 0 Å². The van der Waals surface area contributed by atoms with Crippen LogP contribution in [-0.4, -0.2) is 15.0 Å². The Morgan fingerprint density at radius 3 is 1.94 bits per heavy atom. The molecule has 0 radical (unpaired) electrons. The number of hydrogen-bond acceptors (Lipinski definition) is 5. The number of fused-ring (bicyclic) bond motifs is 9. The minimum Gasteiger partial charge on any atom is -0.456 e. The van der Waals surface area contributed by atoms with Crippen LogP contribution in [0.3, 0.4) is 0 Å². The summed E-state index contributed by atoms with van der Waals surface area (Å²) in [4.78, 5) is 15.4. The number of benzene rings is 7. The van der Waals surface area contributed by atoms with Gasteiger partial charge in [0.2, 0.25) is 0 Å². The molecule has 11 rings (SSSR count). The molecule has 1 aliphatic rings. The standard InChI is InChI=1S/C48H31N3O2/c1-48(2)37-21-8-6-16-33(37)42-30(17-11-22-38(42)48)29-25-26-40-36(27-29)43-34(19-12-24-41(43)52-40)46-49-45(28-13-4-3-5-14-28)50-47(51-46)35-20-10-18-32-31-15-7-9-23-39(31)53-44(32)35/h3-27H,1-2H3. The van der Waals surface area contributed by atoms with Gasteiger partial charge in [-0.05, 0) is 63.7 Å². The molecule has 0 spiro atoms. The van der Waals surface area contributed by atoms with Gasteiger partial charge in [0.15, 0.2) is 17.5 Å². The molecular weight excluding hydrogens is 651 g/mol. The predicted octanol–water partition coefficient (Wildman–Crippen LogP) is 12.6. The fourth-order valence-corrected chi connectivity index (χ4v) is 8.43. The van der Waals surface area contributed by atoms with E-state index in [1.165, 1.54) is 27.8 Å². The van der Waals surface area contributed by atoms with Crippen molar-refractivity contribution in [3.63, 3.8) is 0 Å². The molecule has 0 N–H and O–H groups in total. The van der Waals surface area contributed by atoms with Crippen LogP contribution >= 0.6 is 0 Å². The molecule has 0 saturated heterocycles. The second-order valence-corrected chi connectivity index (χ2v) is 14.3. The topological polar surface area (TPSA) is 65.0 Å². The molecule has 0 aliphatic heterocycles. The average Bonchev–Trinajstić information content (AvgIpc) is 3.85. The largest absolute Gasteiger partial charge is 0.456 e. The lowest BCUT2D eigenvalue weighted by Crippen LogP contribution is -2.14. The summed E-state index contributed by atoms with van der Waals surface area (Å²) >= 11 is 0. The first-order chi connectivity index (χ1) is 26.0. The smallest absolute Gasteiger partial charge is 0.167 e. The van der Waals surface area contributed by atoms with E-state index in [4.69, 9.17) is 23.8 Å². The molecule has 3 aromatic heterocycles. The van der Waals surface area contributed by atoms with E-state index < -0.39 is 0 Å². The first kappa shape index (κ1) is 29.8. The highest BCUT2D eigenvalue weighted by atomic mass is 16.3. The minimum atomic E-state index is -0.0822. The van der Waals surface area contributed by atoms with Gasteiger partial charge in [-0.2, -0.15) is 0 Å². The molecule has 250 valence electrons. The van der Waals surface area contributed by atoms with Crippen LogP contribution in [0.15, 0.2) is 160 Å². The predicted molar refractivity (Wildman–Crippen MR) is 214 cm³/mol. The quantitative estimate of drug-likeness (QED) is 0.185. The third kappa shape index (κ3) is 4.40. The Balaban J connectivity index is 1.15. The van der Waals surface area contributed by atoms with Crippen LogP contribution in [0.5, 0.6) is 0 Å². The SMILES string of the molecule is CC1(C)c2ccccc2-c2c(-c3ccc4oc5cccc(-c6nc(-c7ccccc7)nc(-c7cccc8c7oc7ccccc78)n6)c5c4c3)cccc21. The zero-order valence-electron chi connectivity index (χ0n) is 29.1. The van der Waals surface area contributed by atoms with Crippen LogP contribution in [0.2, 0.25) is 0 Å². The first-order valence-corrected chi connectivity index (χ1v) is 17.9. The van der Waals surface area contributed by atoms with Crippen molar-refractivity contribution in [2.24, 2.45) is 0 Å². The molecule has 0 saturated carbocycles. The van der Waals surface area contributed by atoms with Crippen LogP contribution in [0.4, 0.5) is 0 Å². The number of aromatic nitrogens is 3. The summed E-state index contributed by atoms with van der Waals surface area (Å²) in [5.41, 5.74) is 13.3. The minimum absolute atomic E-state index is 0.0822. The van der Waals surface area contributed by atoms with E-state index in [2.05, 4.69) is 92.7 Å². The molecule has 7 aromatic carbocycles. The third-order valence-electron chi connectivity index (χ3n) is 11.0.